The highest BCUT2D eigenvalue weighted by Crippen LogP contribution is 2.27. The van der Waals surface area contributed by atoms with Gasteiger partial charge in [0.1, 0.15) is 10.7 Å². The molecule has 0 saturated heterocycles. The fourth-order valence-electron chi connectivity index (χ4n) is 2.33. The van der Waals surface area contributed by atoms with Crippen LogP contribution in [0.5, 0.6) is 0 Å². The summed E-state index contributed by atoms with van der Waals surface area (Å²) >= 11 is 1.27. The quantitative estimate of drug-likeness (QED) is 0.561. The second-order valence-electron chi connectivity index (χ2n) is 5.49. The molecule has 0 fully saturated rings. The van der Waals surface area contributed by atoms with Gasteiger partial charge >= 0.3 is 0 Å². The Labute approximate surface area is 156 Å². The van der Waals surface area contributed by atoms with Crippen LogP contribution in [0.25, 0.3) is 10.6 Å². The van der Waals surface area contributed by atoms with Crippen molar-refractivity contribution in [3.05, 3.63) is 45.5 Å². The number of nitrogens with two attached hydrogens (primary N) is 1. The third-order valence-electron chi connectivity index (χ3n) is 4.16. The molecule has 0 bridgehead atoms. The minimum Gasteiger partial charge on any atom is -0.344 e. The summed E-state index contributed by atoms with van der Waals surface area (Å²) in [5.41, 5.74) is 6.26. The van der Waals surface area contributed by atoms with E-state index < -0.39 is 10.5 Å². The molecule has 0 radical (unpaired) electrons. The number of nitro groups is 1. The van der Waals surface area contributed by atoms with Gasteiger partial charge in [-0.25, -0.2) is 4.98 Å². The van der Waals surface area contributed by atoms with Crippen LogP contribution in [0.3, 0.4) is 0 Å². The number of hydrogen-bond acceptors (Lipinski definition) is 6. The lowest BCUT2D eigenvalue weighted by Gasteiger charge is -2.31. The number of thiazole rings is 1. The average Bonchev–Trinajstić information content (AvgIpc) is 3.10. The number of nitrogens with zero attached hydrogens (tertiary/aromatic N) is 2. The van der Waals surface area contributed by atoms with E-state index in [1.54, 1.807) is 17.5 Å². The first kappa shape index (κ1) is 21.0. The number of carbonyl (C=O) groups excluding carboxylic acids is 1. The van der Waals surface area contributed by atoms with Gasteiger partial charge in [0.15, 0.2) is 0 Å². The van der Waals surface area contributed by atoms with Crippen molar-refractivity contribution in [2.45, 2.75) is 32.2 Å². The highest BCUT2D eigenvalue weighted by Gasteiger charge is 2.27. The van der Waals surface area contributed by atoms with Gasteiger partial charge in [0, 0.05) is 29.6 Å². The predicted octanol–water partition coefficient (Wildman–Crippen LogP) is 3.39. The summed E-state index contributed by atoms with van der Waals surface area (Å²) < 4.78 is 0. The molecule has 1 aromatic carbocycles. The summed E-state index contributed by atoms with van der Waals surface area (Å²) in [7, 11) is 0. The second-order valence-corrected chi connectivity index (χ2v) is 6.35. The van der Waals surface area contributed by atoms with Crippen LogP contribution in [-0.4, -0.2) is 27.9 Å². The summed E-state index contributed by atoms with van der Waals surface area (Å²) in [5.74, 6) is -0.280. The Hall–Kier alpha value is -2.03. The Morgan fingerprint density at radius 3 is 2.64 bits per heavy atom. The van der Waals surface area contributed by atoms with Crippen molar-refractivity contribution in [2.75, 3.05) is 6.54 Å². The van der Waals surface area contributed by atoms with Crippen molar-refractivity contribution < 1.29 is 9.72 Å². The number of benzene rings is 1. The lowest BCUT2D eigenvalue weighted by atomic mass is 9.93. The Kier molecular flexibility index (Phi) is 7.47. The molecule has 2 rings (SSSR count). The highest BCUT2D eigenvalue weighted by molar-refractivity contribution is 7.13. The first-order valence-electron chi connectivity index (χ1n) is 7.67. The van der Waals surface area contributed by atoms with Crippen molar-refractivity contribution in [1.82, 2.24) is 10.3 Å². The Morgan fingerprint density at radius 2 is 2.08 bits per heavy atom. The number of amides is 1. The molecule has 0 aliphatic carbocycles. The van der Waals surface area contributed by atoms with Crippen molar-refractivity contribution in [3.63, 3.8) is 0 Å². The van der Waals surface area contributed by atoms with Crippen LogP contribution in [0, 0.1) is 10.1 Å². The third-order valence-corrected chi connectivity index (χ3v) is 5.06. The van der Waals surface area contributed by atoms with Gasteiger partial charge in [-0.3, -0.25) is 14.9 Å². The standard InChI is InChI=1S/C16H20N4O3S.ClH/c1-3-16(4-2,10-17)19-14(21)13-9-24-15(18-13)11-6-5-7-12(8-11)20(22)23;/h5-9H,3-4,10,17H2,1-2H3,(H,19,21);1H. The molecule has 0 unspecified atom stereocenters. The van der Waals surface area contributed by atoms with Crippen LogP contribution in [0.4, 0.5) is 5.69 Å². The molecule has 9 heteroatoms. The molecular weight excluding hydrogens is 364 g/mol. The minimum absolute atomic E-state index is 0. The lowest BCUT2D eigenvalue weighted by molar-refractivity contribution is -0.384. The van der Waals surface area contributed by atoms with E-state index >= 15 is 0 Å². The summed E-state index contributed by atoms with van der Waals surface area (Å²) in [4.78, 5) is 27.1. The molecule has 136 valence electrons. The summed E-state index contributed by atoms with van der Waals surface area (Å²) in [6, 6.07) is 6.20. The molecule has 0 spiro atoms. The normalized spacial score (nSPS) is 10.8. The van der Waals surface area contributed by atoms with E-state index in [1.165, 1.54) is 23.5 Å². The van der Waals surface area contributed by atoms with Crippen molar-refractivity contribution >= 4 is 35.3 Å². The van der Waals surface area contributed by atoms with Crippen LogP contribution in [-0.2, 0) is 0 Å². The minimum atomic E-state index is -0.456. The van der Waals surface area contributed by atoms with E-state index in [-0.39, 0.29) is 24.0 Å². The largest absolute Gasteiger partial charge is 0.344 e. The number of rotatable bonds is 7. The van der Waals surface area contributed by atoms with Crippen molar-refractivity contribution in [3.8, 4) is 10.6 Å². The second kappa shape index (κ2) is 8.89. The van der Waals surface area contributed by atoms with Crippen LogP contribution in [0.15, 0.2) is 29.6 Å². The number of carbonyl (C=O) groups is 1. The van der Waals surface area contributed by atoms with Gasteiger partial charge in [-0.05, 0) is 12.8 Å². The van der Waals surface area contributed by atoms with E-state index in [2.05, 4.69) is 10.3 Å². The Balaban J connectivity index is 0.00000312. The smallest absolute Gasteiger partial charge is 0.271 e. The molecule has 1 heterocycles. The van der Waals surface area contributed by atoms with Crippen molar-refractivity contribution in [2.24, 2.45) is 5.73 Å². The number of halogens is 1. The fourth-order valence-corrected chi connectivity index (χ4v) is 3.13. The molecule has 3 N–H and O–H groups in total. The van der Waals surface area contributed by atoms with Gasteiger partial charge in [-0.1, -0.05) is 26.0 Å². The van der Waals surface area contributed by atoms with Gasteiger partial charge < -0.3 is 11.1 Å². The first-order chi connectivity index (χ1) is 11.4. The fraction of sp³-hybridized carbons (Fsp3) is 0.375. The van der Waals surface area contributed by atoms with Gasteiger partial charge in [0.25, 0.3) is 11.6 Å². The zero-order chi connectivity index (χ0) is 17.7. The molecule has 0 atom stereocenters. The van der Waals surface area contributed by atoms with Gasteiger partial charge in [0.05, 0.1) is 10.5 Å². The van der Waals surface area contributed by atoms with Gasteiger partial charge in [0.2, 0.25) is 0 Å². The molecule has 7 nitrogen and oxygen atoms in total. The van der Waals surface area contributed by atoms with Gasteiger partial charge in [-0.2, -0.15) is 0 Å². The molecule has 0 aliphatic heterocycles. The summed E-state index contributed by atoms with van der Waals surface area (Å²) in [5, 5.41) is 16.0. The first-order valence-corrected chi connectivity index (χ1v) is 8.55. The Bertz CT molecular complexity index is 738. The van der Waals surface area contributed by atoms with Gasteiger partial charge in [-0.15, -0.1) is 23.7 Å². The number of non-ortho nitro benzene ring substituents is 1. The number of nitro benzene ring substituents is 1. The monoisotopic (exact) mass is 384 g/mol. The van der Waals surface area contributed by atoms with E-state index in [0.29, 0.717) is 22.8 Å². The summed E-state index contributed by atoms with van der Waals surface area (Å²) in [6.45, 7) is 4.31. The van der Waals surface area contributed by atoms with Crippen LogP contribution in [0.1, 0.15) is 37.2 Å². The SMILES string of the molecule is CCC(CC)(CN)NC(=O)c1csc(-c2cccc([N+](=O)[O-])c2)n1.Cl. The molecule has 2 aromatic rings. The number of nitrogens with one attached hydrogen (secondary N) is 1. The molecule has 1 amide bonds. The van der Waals surface area contributed by atoms with E-state index in [1.807, 2.05) is 13.8 Å². The van der Waals surface area contributed by atoms with E-state index in [9.17, 15) is 14.9 Å². The maximum atomic E-state index is 12.4. The average molecular weight is 385 g/mol. The number of hydrogen-bond donors (Lipinski definition) is 2. The molecule has 0 saturated carbocycles. The van der Waals surface area contributed by atoms with Crippen LogP contribution >= 0.6 is 23.7 Å². The lowest BCUT2D eigenvalue weighted by Crippen LogP contribution is -2.52. The van der Waals surface area contributed by atoms with Crippen molar-refractivity contribution in [1.29, 1.82) is 0 Å². The maximum absolute atomic E-state index is 12.4. The van der Waals surface area contributed by atoms with E-state index in [4.69, 9.17) is 5.73 Å². The zero-order valence-electron chi connectivity index (χ0n) is 14.0. The number of aromatic nitrogens is 1. The zero-order valence-corrected chi connectivity index (χ0v) is 15.7. The molecule has 0 aliphatic rings. The Morgan fingerprint density at radius 1 is 1.40 bits per heavy atom. The summed E-state index contributed by atoms with van der Waals surface area (Å²) in [6.07, 6.45) is 1.46. The maximum Gasteiger partial charge on any atom is 0.271 e. The molecular formula is C16H21ClN4O3S. The highest BCUT2D eigenvalue weighted by atomic mass is 35.5. The van der Waals surface area contributed by atoms with Crippen LogP contribution < -0.4 is 11.1 Å². The third kappa shape index (κ3) is 4.75. The van der Waals surface area contributed by atoms with E-state index in [0.717, 1.165) is 12.8 Å². The molecule has 25 heavy (non-hydrogen) atoms. The van der Waals surface area contributed by atoms with Crippen LogP contribution in [0.2, 0.25) is 0 Å². The molecule has 1 aromatic heterocycles. The predicted molar refractivity (Wildman–Crippen MR) is 101 cm³/mol. The topological polar surface area (TPSA) is 111 Å².